The Morgan fingerprint density at radius 1 is 0.738 bits per heavy atom. The second-order valence-electron chi connectivity index (χ2n) is 10.2. The van der Waals surface area contributed by atoms with Gasteiger partial charge in [0, 0.05) is 17.4 Å². The summed E-state index contributed by atoms with van der Waals surface area (Å²) in [6, 6.07) is 27.2. The van der Waals surface area contributed by atoms with Gasteiger partial charge in [0.1, 0.15) is 30.5 Å². The van der Waals surface area contributed by atoms with E-state index >= 15 is 0 Å². The molecule has 8 heteroatoms. The lowest BCUT2D eigenvalue weighted by molar-refractivity contribution is -0.158. The fourth-order valence-corrected chi connectivity index (χ4v) is 6.22. The zero-order valence-electron chi connectivity index (χ0n) is 23.2. The van der Waals surface area contributed by atoms with Gasteiger partial charge < -0.3 is 28.8 Å². The van der Waals surface area contributed by atoms with E-state index < -0.39 is 35.6 Å². The maximum atomic E-state index is 14.1. The van der Waals surface area contributed by atoms with Crippen LogP contribution in [0.1, 0.15) is 23.0 Å². The molecule has 4 aromatic rings. The summed E-state index contributed by atoms with van der Waals surface area (Å²) in [5.74, 6) is -1.97. The number of carboxylic acids is 1. The molecule has 0 saturated heterocycles. The Balaban J connectivity index is 1.38. The molecule has 1 heterocycles. The number of esters is 1. The number of benzene rings is 4. The zero-order valence-corrected chi connectivity index (χ0v) is 23.2. The normalized spacial score (nSPS) is 20.6. The van der Waals surface area contributed by atoms with E-state index in [1.807, 2.05) is 48.5 Å². The summed E-state index contributed by atoms with van der Waals surface area (Å²) in [4.78, 5) is 26.8. The Labute approximate surface area is 243 Å². The summed E-state index contributed by atoms with van der Waals surface area (Å²) < 4.78 is 28.8. The SMILES string of the molecule is COc1ccccc1C1C(C(=O)O)[C@H](c2ccccc2OC)C1C(=O)Oc1cccc(-c2cccc3c2OCCO3)c1. The molecule has 2 aliphatic rings. The van der Waals surface area contributed by atoms with Gasteiger partial charge in [0.15, 0.2) is 11.5 Å². The minimum atomic E-state index is -1.01. The zero-order chi connectivity index (χ0) is 29.2. The molecule has 1 fully saturated rings. The Bertz CT molecular complexity index is 1570. The maximum Gasteiger partial charge on any atom is 0.315 e. The first kappa shape index (κ1) is 27.2. The summed E-state index contributed by atoms with van der Waals surface area (Å²) in [6.07, 6.45) is 0. The molecule has 4 atom stereocenters. The Hall–Kier alpha value is -4.98. The molecule has 0 radical (unpaired) electrons. The van der Waals surface area contributed by atoms with Gasteiger partial charge in [-0.3, -0.25) is 9.59 Å². The van der Waals surface area contributed by atoms with E-state index in [0.29, 0.717) is 53.1 Å². The van der Waals surface area contributed by atoms with Gasteiger partial charge in [-0.25, -0.2) is 0 Å². The van der Waals surface area contributed by atoms with Crippen molar-refractivity contribution in [3.8, 4) is 39.9 Å². The third kappa shape index (κ3) is 4.79. The first-order valence-corrected chi connectivity index (χ1v) is 13.7. The lowest BCUT2D eigenvalue weighted by Gasteiger charge is -2.49. The molecule has 8 nitrogen and oxygen atoms in total. The van der Waals surface area contributed by atoms with Gasteiger partial charge in [-0.15, -0.1) is 0 Å². The van der Waals surface area contributed by atoms with Crippen LogP contribution < -0.4 is 23.7 Å². The van der Waals surface area contributed by atoms with Crippen LogP contribution in [0.2, 0.25) is 0 Å². The Morgan fingerprint density at radius 2 is 1.36 bits per heavy atom. The van der Waals surface area contributed by atoms with E-state index in [-0.39, 0.29) is 0 Å². The second kappa shape index (κ2) is 11.5. The molecule has 1 aliphatic heterocycles. The molecule has 0 aromatic heterocycles. The number of aliphatic carboxylic acids is 1. The molecular weight excluding hydrogens is 536 g/mol. The van der Waals surface area contributed by atoms with Crippen LogP contribution in [0.5, 0.6) is 28.7 Å². The van der Waals surface area contributed by atoms with E-state index in [0.717, 1.165) is 11.1 Å². The maximum absolute atomic E-state index is 14.1. The number of carboxylic acid groups (broad SMARTS) is 1. The van der Waals surface area contributed by atoms with E-state index in [9.17, 15) is 14.7 Å². The fourth-order valence-electron chi connectivity index (χ4n) is 6.22. The van der Waals surface area contributed by atoms with E-state index in [1.165, 1.54) is 14.2 Å². The highest BCUT2D eigenvalue weighted by molar-refractivity contribution is 5.86. The van der Waals surface area contributed by atoms with E-state index in [4.69, 9.17) is 23.7 Å². The molecule has 0 amide bonds. The number of methoxy groups -OCH3 is 2. The summed E-state index contributed by atoms with van der Waals surface area (Å²) in [6.45, 7) is 0.924. The van der Waals surface area contributed by atoms with E-state index in [2.05, 4.69) is 0 Å². The predicted octanol–water partition coefficient (Wildman–Crippen LogP) is 5.95. The lowest BCUT2D eigenvalue weighted by Crippen LogP contribution is -2.52. The molecule has 3 unspecified atom stereocenters. The van der Waals surface area contributed by atoms with Gasteiger partial charge in [-0.05, 0) is 47.0 Å². The highest BCUT2D eigenvalue weighted by Crippen LogP contribution is 2.60. The van der Waals surface area contributed by atoms with Crippen LogP contribution in [0.4, 0.5) is 0 Å². The van der Waals surface area contributed by atoms with Crippen LogP contribution in [-0.4, -0.2) is 44.5 Å². The van der Waals surface area contributed by atoms with Crippen LogP contribution in [-0.2, 0) is 9.59 Å². The minimum absolute atomic E-state index is 0.336. The lowest BCUT2D eigenvalue weighted by atomic mass is 9.52. The first-order valence-electron chi connectivity index (χ1n) is 13.7. The molecule has 0 spiro atoms. The molecule has 1 aliphatic carbocycles. The van der Waals surface area contributed by atoms with Gasteiger partial charge in [0.2, 0.25) is 0 Å². The molecule has 42 heavy (non-hydrogen) atoms. The summed E-state index contributed by atoms with van der Waals surface area (Å²) in [5, 5.41) is 10.4. The van der Waals surface area contributed by atoms with Gasteiger partial charge in [0.05, 0.1) is 26.1 Å². The minimum Gasteiger partial charge on any atom is -0.496 e. The molecule has 6 rings (SSSR count). The number of hydrogen-bond acceptors (Lipinski definition) is 7. The highest BCUT2D eigenvalue weighted by Gasteiger charge is 2.60. The van der Waals surface area contributed by atoms with Crippen LogP contribution in [0, 0.1) is 11.8 Å². The standard InChI is InChI=1S/C34H30O8/c1-38-25-14-5-3-11-23(25)28-30(33(35)36)29(24-12-4-6-15-26(24)39-2)31(28)34(37)42-21-10-7-9-20(19-21)22-13-8-16-27-32(22)41-18-17-40-27/h3-16,19,28-31H,17-18H2,1-2H3,(H,35,36)/t28-,29?,30?,31?/m0/s1. The molecule has 0 bridgehead atoms. The summed E-state index contributed by atoms with van der Waals surface area (Å²) >= 11 is 0. The van der Waals surface area contributed by atoms with Crippen molar-refractivity contribution >= 4 is 11.9 Å². The Kier molecular flexibility index (Phi) is 7.44. The number of hydrogen-bond donors (Lipinski definition) is 1. The van der Waals surface area contributed by atoms with Crippen molar-refractivity contribution in [3.63, 3.8) is 0 Å². The van der Waals surface area contributed by atoms with Crippen molar-refractivity contribution in [1.82, 2.24) is 0 Å². The van der Waals surface area contributed by atoms with Crippen molar-refractivity contribution in [2.75, 3.05) is 27.4 Å². The van der Waals surface area contributed by atoms with Gasteiger partial charge in [-0.2, -0.15) is 0 Å². The number of carbonyl (C=O) groups is 2. The van der Waals surface area contributed by atoms with Gasteiger partial charge >= 0.3 is 11.9 Å². The van der Waals surface area contributed by atoms with Gasteiger partial charge in [0.25, 0.3) is 0 Å². The van der Waals surface area contributed by atoms with Crippen molar-refractivity contribution < 1.29 is 38.4 Å². The predicted molar refractivity (Wildman–Crippen MR) is 155 cm³/mol. The van der Waals surface area contributed by atoms with Crippen molar-refractivity contribution in [3.05, 3.63) is 102 Å². The molecular formula is C34H30O8. The molecule has 1 saturated carbocycles. The van der Waals surface area contributed by atoms with Crippen LogP contribution >= 0.6 is 0 Å². The van der Waals surface area contributed by atoms with Crippen LogP contribution in [0.25, 0.3) is 11.1 Å². The first-order chi connectivity index (χ1) is 20.5. The molecule has 1 N–H and O–H groups in total. The second-order valence-corrected chi connectivity index (χ2v) is 10.2. The molecule has 214 valence electrons. The van der Waals surface area contributed by atoms with Crippen molar-refractivity contribution in [2.45, 2.75) is 11.8 Å². The monoisotopic (exact) mass is 566 g/mol. The largest absolute Gasteiger partial charge is 0.496 e. The van der Waals surface area contributed by atoms with E-state index in [1.54, 1.807) is 42.5 Å². The number of carbonyl (C=O) groups excluding carboxylic acids is 1. The quantitative estimate of drug-likeness (QED) is 0.206. The number of rotatable bonds is 8. The number of fused-ring (bicyclic) bond motifs is 1. The number of ether oxygens (including phenoxy) is 5. The smallest absolute Gasteiger partial charge is 0.315 e. The number of para-hydroxylation sites is 3. The third-order valence-electron chi connectivity index (χ3n) is 8.03. The fraction of sp³-hybridized carbons (Fsp3) is 0.235. The van der Waals surface area contributed by atoms with Crippen LogP contribution in [0.3, 0.4) is 0 Å². The Morgan fingerprint density at radius 3 is 2.00 bits per heavy atom. The highest BCUT2D eigenvalue weighted by atomic mass is 16.6. The van der Waals surface area contributed by atoms with Crippen molar-refractivity contribution in [1.29, 1.82) is 0 Å². The summed E-state index contributed by atoms with van der Waals surface area (Å²) in [5.41, 5.74) is 2.89. The van der Waals surface area contributed by atoms with Crippen molar-refractivity contribution in [2.24, 2.45) is 11.8 Å². The van der Waals surface area contributed by atoms with Gasteiger partial charge in [-0.1, -0.05) is 60.7 Å². The molecule has 4 aromatic carbocycles. The summed E-state index contributed by atoms with van der Waals surface area (Å²) in [7, 11) is 3.06. The van der Waals surface area contributed by atoms with Crippen LogP contribution in [0.15, 0.2) is 91.0 Å². The third-order valence-corrected chi connectivity index (χ3v) is 8.03. The average molecular weight is 567 g/mol. The topological polar surface area (TPSA) is 101 Å². The average Bonchev–Trinajstić information content (AvgIpc) is 3.00.